The van der Waals surface area contributed by atoms with Crippen molar-refractivity contribution in [2.45, 2.75) is 26.8 Å². The average molecular weight is 472 g/mol. The fourth-order valence-corrected chi connectivity index (χ4v) is 3.15. The molecule has 1 amide bonds. The van der Waals surface area contributed by atoms with E-state index < -0.39 is 17.8 Å². The molecule has 4 aromatic rings. The summed E-state index contributed by atoms with van der Waals surface area (Å²) in [6.07, 6.45) is 0. The van der Waals surface area contributed by atoms with E-state index in [0.29, 0.717) is 11.9 Å². The number of anilines is 6. The summed E-state index contributed by atoms with van der Waals surface area (Å²) in [5, 5.41) is 11.9. The van der Waals surface area contributed by atoms with Gasteiger partial charge in [0.25, 0.3) is 0 Å². The number of nitrogens with one attached hydrogen (secondary N) is 4. The molecule has 4 rings (SSSR count). The van der Waals surface area contributed by atoms with Gasteiger partial charge in [-0.15, -0.1) is 0 Å². The summed E-state index contributed by atoms with van der Waals surface area (Å²) >= 11 is 0. The van der Waals surface area contributed by atoms with Crippen molar-refractivity contribution in [2.75, 3.05) is 21.3 Å². The van der Waals surface area contributed by atoms with Crippen LogP contribution in [-0.2, 0) is 4.79 Å². The van der Waals surface area contributed by atoms with Crippen LogP contribution in [0.15, 0.2) is 72.8 Å². The van der Waals surface area contributed by atoms with Crippen LogP contribution >= 0.6 is 0 Å². The van der Waals surface area contributed by atoms with Crippen LogP contribution < -0.4 is 21.3 Å². The number of carbonyl (C=O) groups is 1. The Morgan fingerprint density at radius 2 is 1.23 bits per heavy atom. The molecular formula is C26H26FN7O. The summed E-state index contributed by atoms with van der Waals surface area (Å²) in [4.78, 5) is 25.9. The zero-order valence-electron chi connectivity index (χ0n) is 19.6. The first kappa shape index (κ1) is 23.6. The van der Waals surface area contributed by atoms with Crippen LogP contribution in [0, 0.1) is 19.7 Å². The van der Waals surface area contributed by atoms with E-state index in [2.05, 4.69) is 36.2 Å². The maximum Gasteiger partial charge on any atom is 0.246 e. The number of halogens is 1. The zero-order valence-corrected chi connectivity index (χ0v) is 19.6. The number of nitrogens with zero attached hydrogens (tertiary/aromatic N) is 3. The van der Waals surface area contributed by atoms with Crippen molar-refractivity contribution in [3.63, 3.8) is 0 Å². The SMILES string of the molecule is Cc1ccc(Nc2nc(Nc3ccc(C)cc3)nc(NC(C)C(=O)Nc3ccccc3F)n2)cc1. The number of aromatic nitrogens is 3. The minimum atomic E-state index is -0.753. The molecule has 1 unspecified atom stereocenters. The lowest BCUT2D eigenvalue weighted by Gasteiger charge is -2.16. The number of carbonyl (C=O) groups excluding carboxylic acids is 1. The summed E-state index contributed by atoms with van der Waals surface area (Å²) in [7, 11) is 0. The van der Waals surface area contributed by atoms with E-state index in [1.54, 1.807) is 19.1 Å². The van der Waals surface area contributed by atoms with Crippen LogP contribution in [-0.4, -0.2) is 26.9 Å². The quantitative estimate of drug-likeness (QED) is 0.267. The van der Waals surface area contributed by atoms with Crippen molar-refractivity contribution in [3.8, 4) is 0 Å². The molecule has 0 aliphatic rings. The van der Waals surface area contributed by atoms with Gasteiger partial charge in [0.15, 0.2) is 0 Å². The van der Waals surface area contributed by atoms with Crippen molar-refractivity contribution in [1.29, 1.82) is 0 Å². The molecule has 1 aromatic heterocycles. The number of hydrogen-bond acceptors (Lipinski definition) is 7. The van der Waals surface area contributed by atoms with Crippen LogP contribution in [0.1, 0.15) is 18.1 Å². The second kappa shape index (κ2) is 10.6. The number of benzene rings is 3. The number of amides is 1. The predicted octanol–water partition coefficient (Wildman–Crippen LogP) is 5.55. The first-order valence-electron chi connectivity index (χ1n) is 11.1. The van der Waals surface area contributed by atoms with Gasteiger partial charge in [0.1, 0.15) is 11.9 Å². The molecule has 178 valence electrons. The molecule has 1 atom stereocenters. The highest BCUT2D eigenvalue weighted by Gasteiger charge is 2.17. The van der Waals surface area contributed by atoms with Crippen molar-refractivity contribution in [3.05, 3.63) is 89.7 Å². The normalized spacial score (nSPS) is 11.4. The Morgan fingerprint density at radius 1 is 0.743 bits per heavy atom. The maximum atomic E-state index is 13.9. The smallest absolute Gasteiger partial charge is 0.246 e. The topological polar surface area (TPSA) is 104 Å². The summed E-state index contributed by atoms with van der Waals surface area (Å²) < 4.78 is 13.9. The molecule has 0 aliphatic carbocycles. The molecular weight excluding hydrogens is 445 g/mol. The van der Waals surface area contributed by atoms with Gasteiger partial charge in [0, 0.05) is 11.4 Å². The first-order chi connectivity index (χ1) is 16.9. The summed E-state index contributed by atoms with van der Waals surface area (Å²) in [5.41, 5.74) is 3.97. The minimum absolute atomic E-state index is 0.102. The molecule has 9 heteroatoms. The van der Waals surface area contributed by atoms with E-state index in [0.717, 1.165) is 22.5 Å². The Bertz CT molecular complexity index is 1240. The third kappa shape index (κ3) is 6.50. The van der Waals surface area contributed by atoms with E-state index in [4.69, 9.17) is 0 Å². The lowest BCUT2D eigenvalue weighted by atomic mass is 10.2. The maximum absolute atomic E-state index is 13.9. The number of rotatable bonds is 8. The molecule has 1 heterocycles. The molecule has 0 aliphatic heterocycles. The predicted molar refractivity (Wildman–Crippen MR) is 137 cm³/mol. The number of para-hydroxylation sites is 1. The summed E-state index contributed by atoms with van der Waals surface area (Å²) in [6.45, 7) is 5.65. The second-order valence-electron chi connectivity index (χ2n) is 8.12. The average Bonchev–Trinajstić information content (AvgIpc) is 2.83. The van der Waals surface area contributed by atoms with Gasteiger partial charge in [-0.25, -0.2) is 4.39 Å². The van der Waals surface area contributed by atoms with Crippen molar-refractivity contribution in [1.82, 2.24) is 15.0 Å². The van der Waals surface area contributed by atoms with E-state index in [-0.39, 0.29) is 11.6 Å². The highest BCUT2D eigenvalue weighted by atomic mass is 19.1. The van der Waals surface area contributed by atoms with Crippen LogP contribution in [0.4, 0.5) is 39.3 Å². The van der Waals surface area contributed by atoms with Gasteiger partial charge in [0.2, 0.25) is 23.8 Å². The monoisotopic (exact) mass is 471 g/mol. The van der Waals surface area contributed by atoms with E-state index in [1.807, 2.05) is 62.4 Å². The molecule has 0 bridgehead atoms. The van der Waals surface area contributed by atoms with Gasteiger partial charge in [0.05, 0.1) is 5.69 Å². The Balaban J connectivity index is 1.56. The fraction of sp³-hybridized carbons (Fsp3) is 0.154. The zero-order chi connectivity index (χ0) is 24.8. The Labute approximate surface area is 203 Å². The third-order valence-corrected chi connectivity index (χ3v) is 5.12. The van der Waals surface area contributed by atoms with Gasteiger partial charge < -0.3 is 21.3 Å². The van der Waals surface area contributed by atoms with E-state index >= 15 is 0 Å². The third-order valence-electron chi connectivity index (χ3n) is 5.12. The van der Waals surface area contributed by atoms with E-state index in [1.165, 1.54) is 12.1 Å². The van der Waals surface area contributed by atoms with Crippen molar-refractivity contribution < 1.29 is 9.18 Å². The number of hydrogen-bond donors (Lipinski definition) is 4. The molecule has 0 fully saturated rings. The van der Waals surface area contributed by atoms with Gasteiger partial charge >= 0.3 is 0 Å². The van der Waals surface area contributed by atoms with Crippen LogP contribution in [0.2, 0.25) is 0 Å². The molecule has 8 nitrogen and oxygen atoms in total. The van der Waals surface area contributed by atoms with Crippen LogP contribution in [0.25, 0.3) is 0 Å². The summed E-state index contributed by atoms with van der Waals surface area (Å²) in [5.74, 6) is -0.176. The Hall–Kier alpha value is -4.53. The van der Waals surface area contributed by atoms with Gasteiger partial charge in [-0.3, -0.25) is 4.79 Å². The van der Waals surface area contributed by atoms with Gasteiger partial charge in [-0.05, 0) is 57.2 Å². The molecule has 35 heavy (non-hydrogen) atoms. The molecule has 0 spiro atoms. The van der Waals surface area contributed by atoms with E-state index in [9.17, 15) is 9.18 Å². The van der Waals surface area contributed by atoms with Crippen molar-refractivity contribution in [2.24, 2.45) is 0 Å². The lowest BCUT2D eigenvalue weighted by Crippen LogP contribution is -2.33. The fourth-order valence-electron chi connectivity index (χ4n) is 3.15. The second-order valence-corrected chi connectivity index (χ2v) is 8.12. The highest BCUT2D eigenvalue weighted by molar-refractivity contribution is 5.96. The van der Waals surface area contributed by atoms with Crippen molar-refractivity contribution >= 4 is 40.8 Å². The Kier molecular flexibility index (Phi) is 7.15. The molecule has 3 aromatic carbocycles. The first-order valence-corrected chi connectivity index (χ1v) is 11.1. The molecule has 0 saturated carbocycles. The number of aryl methyl sites for hydroxylation is 2. The molecule has 4 N–H and O–H groups in total. The van der Waals surface area contributed by atoms with Gasteiger partial charge in [-0.1, -0.05) is 47.5 Å². The largest absolute Gasteiger partial charge is 0.342 e. The minimum Gasteiger partial charge on any atom is -0.342 e. The summed E-state index contributed by atoms with van der Waals surface area (Å²) in [6, 6.07) is 20.8. The highest BCUT2D eigenvalue weighted by Crippen LogP contribution is 2.20. The standard InChI is InChI=1S/C26H26FN7O/c1-16-8-12-19(13-9-16)29-25-32-24(33-26(34-25)30-20-14-10-17(2)11-15-20)28-18(3)23(35)31-22-7-5-4-6-21(22)27/h4-15,18H,1-3H3,(H,31,35)(H3,28,29,30,32,33,34). The van der Waals surface area contributed by atoms with Crippen LogP contribution in [0.5, 0.6) is 0 Å². The Morgan fingerprint density at radius 3 is 1.74 bits per heavy atom. The lowest BCUT2D eigenvalue weighted by molar-refractivity contribution is -0.116. The van der Waals surface area contributed by atoms with Crippen LogP contribution in [0.3, 0.4) is 0 Å². The van der Waals surface area contributed by atoms with Gasteiger partial charge in [-0.2, -0.15) is 15.0 Å². The molecule has 0 radical (unpaired) electrons. The molecule has 0 saturated heterocycles.